The number of nitrogens with zero attached hydrogens (tertiary/aromatic N) is 10. The van der Waals surface area contributed by atoms with Crippen molar-refractivity contribution in [3.8, 4) is 0 Å². The number of nitrogens with two attached hydrogens (primary N) is 2. The van der Waals surface area contributed by atoms with E-state index >= 15 is 13.7 Å². The molecule has 6 fully saturated rings. The number of aromatic nitrogens is 14. The second-order valence-corrected chi connectivity index (χ2v) is 45.3. The Kier molecular flexibility index (Phi) is 39.2. The van der Waals surface area contributed by atoms with Crippen LogP contribution in [0.4, 0.5) is 11.6 Å². The lowest BCUT2D eigenvalue weighted by Gasteiger charge is -2.29. The van der Waals surface area contributed by atoms with Crippen molar-refractivity contribution in [3.63, 3.8) is 0 Å². The van der Waals surface area contributed by atoms with Crippen LogP contribution in [0.25, 0.3) is 11.2 Å². The van der Waals surface area contributed by atoms with Crippen LogP contribution < -0.4 is 62.2 Å². The zero-order valence-electron chi connectivity index (χ0n) is 78.7. The number of aliphatic hydroxyl groups excluding tert-OH is 1. The summed E-state index contributed by atoms with van der Waals surface area (Å²) in [6.45, 7) is -12.8. The van der Waals surface area contributed by atoms with E-state index < -0.39 is 274 Å². The van der Waals surface area contributed by atoms with Gasteiger partial charge in [-0.1, -0.05) is 75.8 Å². The van der Waals surface area contributed by atoms with Crippen LogP contribution >= 0.6 is 72.8 Å². The highest BCUT2D eigenvalue weighted by molar-refractivity contribution is 8.45. The van der Waals surface area contributed by atoms with E-state index in [0.717, 1.165) is 67.1 Å². The molecule has 7 aromatic heterocycles. The third-order valence-electron chi connectivity index (χ3n) is 23.7. The first kappa shape index (κ1) is 113. The van der Waals surface area contributed by atoms with E-state index in [2.05, 4.69) is 76.6 Å². The lowest BCUT2D eigenvalue weighted by molar-refractivity contribution is -0.0847. The summed E-state index contributed by atoms with van der Waals surface area (Å²) in [4.78, 5) is 169. The molecular weight excluding hydrogens is 2070 g/mol. The molecule has 13 rings (SSSR count). The third kappa shape index (κ3) is 28.3. The van der Waals surface area contributed by atoms with Crippen molar-refractivity contribution in [1.29, 1.82) is 0 Å². The highest BCUT2D eigenvalue weighted by atomic mass is 32.7. The molecule has 0 spiro atoms. The number of imidazole rings is 1. The zero-order valence-corrected chi connectivity index (χ0v) is 85.8. The Morgan fingerprint density at radius 2 is 0.776 bits per heavy atom. The molecular formula is C78H115N16O41P5S3. The summed E-state index contributed by atoms with van der Waals surface area (Å²) in [6.07, 6.45) is -23.4. The average Bonchev–Trinajstić information content (AvgIpc) is 1.64. The van der Waals surface area contributed by atoms with E-state index in [1.54, 1.807) is 0 Å². The van der Waals surface area contributed by atoms with Crippen LogP contribution in [-0.2, 0) is 134 Å². The first-order chi connectivity index (χ1) is 67.8. The van der Waals surface area contributed by atoms with Gasteiger partial charge in [-0.2, -0.15) is 4.98 Å². The molecule has 6 aliphatic rings. The van der Waals surface area contributed by atoms with Gasteiger partial charge in [0.25, 0.3) is 22.2 Å². The molecule has 0 bridgehead atoms. The van der Waals surface area contributed by atoms with Crippen molar-refractivity contribution in [1.82, 2.24) is 67.3 Å². The number of aromatic amines is 4. The summed E-state index contributed by atoms with van der Waals surface area (Å²) >= 11 is 13.0. The molecule has 13 unspecified atom stereocenters. The maximum atomic E-state index is 15.5. The van der Waals surface area contributed by atoms with Gasteiger partial charge in [0.1, 0.15) is 116 Å². The molecule has 0 aromatic carbocycles. The fraction of sp³-hybridized carbons (Fsp3) is 0.679. The first-order valence-corrected chi connectivity index (χ1v) is 55.8. The average molecular weight is 2180 g/mol. The Bertz CT molecular complexity index is 6410. The van der Waals surface area contributed by atoms with Crippen LogP contribution in [-0.4, -0.2) is 294 Å². The summed E-state index contributed by atoms with van der Waals surface area (Å²) in [5.41, 5.74) is 4.52. The number of phosphoric acid groups is 2. The van der Waals surface area contributed by atoms with Gasteiger partial charge in [0.15, 0.2) is 36.4 Å². The number of nitrogens with one attached hydrogen (secondary N) is 4. The number of nitrogen functional groups attached to an aromatic ring is 2. The number of rotatable bonds is 53. The standard InChI is InChI=1S/C78H115N16O41P5S3/c1-11-12-13-14-15-16-44-45(25-52(125-44)89-28-40(3)66(96)85-75(89)101)132-138(109,141)122-32-47-46(26-53(126-47)90-29-41(4)67(97)86-76(90)102)131-136(105,106)120-34-49-56(60(117-22-18-113-8)71(128-49)91-27-39(2)63(79)84-74(91)100)133-137(107,108)121-35-50-57(61(118-23-19-114-9)72(129-50)92-30-42(5)68(98)87-77(92)103)134-140(111,143)124-36-51-58(62(119-24-20-115-10)73(130-51)93-31-43(6)69(99)88-78(93)104)135-139(110,142)123-33-48-55(95)59(116-21-17-112-7)70(127-48)94-38-83-54-64(80)81-37-82-65(54)94/h27-31,37-38,44-53,55-62,70-73,95H,11-26,32-36H2,1-10H3,(H,105,106)(H,107,108)(H,109,141)(H,110,142)(H,111,143)(H2,79,84,100)(H2,80,81,82)(H,85,96,101)(H,86,97,102)(H,87,98,103)(H,88,99,104)/t44-,45?,46-,47-,48-,49-,50-,51-,52-,53-,55?,56?,57+,58?,59?,60?,61?,62?,70-,71-,72-,73-,138?,139?,140?/m1/s1. The minimum absolute atomic E-state index is 0.00858. The topological polar surface area (TPSA) is 718 Å². The lowest BCUT2D eigenvalue weighted by atomic mass is 10.0. The Labute approximate surface area is 826 Å². The molecule has 6 saturated heterocycles. The van der Waals surface area contributed by atoms with Gasteiger partial charge in [0, 0.05) is 100 Å². The number of aliphatic hydroxyl groups is 1. The van der Waals surface area contributed by atoms with Crippen LogP contribution in [0.3, 0.4) is 0 Å². The molecule has 57 nitrogen and oxygen atoms in total. The molecule has 13 heterocycles. The minimum Gasteiger partial charge on any atom is -0.387 e. The fourth-order valence-corrected chi connectivity index (χ4v) is 22.9. The molecule has 11 N–H and O–H groups in total. The maximum Gasteiger partial charge on any atom is 0.472 e. The van der Waals surface area contributed by atoms with Gasteiger partial charge in [-0.3, -0.25) is 112 Å². The Morgan fingerprint density at radius 3 is 1.24 bits per heavy atom. The van der Waals surface area contributed by atoms with Crippen molar-refractivity contribution in [2.24, 2.45) is 0 Å². The molecule has 6 aliphatic heterocycles. The largest absolute Gasteiger partial charge is 0.472 e. The predicted octanol–water partition coefficient (Wildman–Crippen LogP) is 2.33. The van der Waals surface area contributed by atoms with Crippen LogP contribution in [0.15, 0.2) is 86.8 Å². The van der Waals surface area contributed by atoms with Gasteiger partial charge < -0.3 is 92.7 Å². The number of hydrogen-bond acceptors (Lipinski definition) is 45. The molecule has 7 aromatic rings. The smallest absolute Gasteiger partial charge is 0.387 e. The second-order valence-electron chi connectivity index (χ2n) is 33.8. The van der Waals surface area contributed by atoms with E-state index in [-0.39, 0.29) is 96.7 Å². The van der Waals surface area contributed by atoms with E-state index in [4.69, 9.17) is 123 Å². The number of H-pyrrole nitrogens is 4. The molecule has 796 valence electrons. The summed E-state index contributed by atoms with van der Waals surface area (Å²) in [6, 6.07) is 0. The van der Waals surface area contributed by atoms with Crippen molar-refractivity contribution < 1.29 is 149 Å². The SMILES string of the molecule is CCCCCCC[C@H]1O[C@@H](n2cc(C)c(=O)[nH]c2=O)CC1OP(=O)(S)OC[C@H]1O[C@@H](n2cc(C)c(=O)[nH]c2=O)C[C@H]1OP(=O)(O)OC[C@H]1O[C@@H](n2cc(C)c(N)nc2=O)C(OCCOC)C1OP(=O)(O)OC[C@H]1O[C@@H](n2cc(C)c(=O)[nH]c2=O)C(OCCOC)[C@H]1OP(=O)(S)OC[C@H]1O[C@@H](n2cc(C)c(=O)[nH]c2=O)C(OCCOC)C1OP(=O)(S)OC[C@H]1O[C@@H](n2cnc3c(N)ncnc32)C(OCCOC)C1O. The van der Waals surface area contributed by atoms with Gasteiger partial charge in [0.2, 0.25) is 0 Å². The Morgan fingerprint density at radius 1 is 0.406 bits per heavy atom. The molecule has 0 aliphatic carbocycles. The first-order valence-electron chi connectivity index (χ1n) is 44.7. The Balaban J connectivity index is 0.775. The number of thiol groups is 3. The van der Waals surface area contributed by atoms with E-state index in [0.29, 0.717) is 12.8 Å². The number of anilines is 2. The van der Waals surface area contributed by atoms with E-state index in [9.17, 15) is 67.2 Å². The van der Waals surface area contributed by atoms with Crippen molar-refractivity contribution in [2.45, 2.75) is 228 Å². The van der Waals surface area contributed by atoms with Gasteiger partial charge in [-0.15, -0.1) is 0 Å². The van der Waals surface area contributed by atoms with E-state index in [1.165, 1.54) is 92.7 Å². The van der Waals surface area contributed by atoms with Crippen molar-refractivity contribution in [2.75, 3.05) is 126 Å². The minimum atomic E-state index is -5.95. The fourth-order valence-electron chi connectivity index (χ4n) is 16.5. The van der Waals surface area contributed by atoms with Gasteiger partial charge in [-0.25, -0.2) is 61.7 Å². The van der Waals surface area contributed by atoms with Crippen LogP contribution in [0, 0.1) is 34.6 Å². The van der Waals surface area contributed by atoms with Crippen molar-refractivity contribution in [3.05, 3.63) is 165 Å². The van der Waals surface area contributed by atoms with Crippen LogP contribution in [0.1, 0.15) is 123 Å². The van der Waals surface area contributed by atoms with Crippen molar-refractivity contribution >= 4 is 95.6 Å². The van der Waals surface area contributed by atoms with Crippen LogP contribution in [0.2, 0.25) is 0 Å². The number of unbranched alkanes of at least 4 members (excludes halogenated alkanes) is 4. The number of fused-ring (bicyclic) bond motifs is 1. The summed E-state index contributed by atoms with van der Waals surface area (Å²) in [5.74, 6) is -0.233. The molecule has 65 heteroatoms. The normalized spacial score (nSPS) is 28.8. The number of aryl methyl sites for hydroxylation is 5. The highest BCUT2D eigenvalue weighted by Gasteiger charge is 2.58. The highest BCUT2D eigenvalue weighted by Crippen LogP contribution is 2.62. The predicted molar refractivity (Wildman–Crippen MR) is 504 cm³/mol. The van der Waals surface area contributed by atoms with Gasteiger partial charge in [-0.05, 0) is 41.0 Å². The van der Waals surface area contributed by atoms with Gasteiger partial charge in [0.05, 0.1) is 104 Å². The third-order valence-corrected chi connectivity index (χ3v) is 30.6. The quantitative estimate of drug-likeness (QED) is 0.0148. The molecule has 0 radical (unpaired) electrons. The number of hydrogen-bond donors (Lipinski definition) is 12. The van der Waals surface area contributed by atoms with Gasteiger partial charge >= 0.3 is 64.5 Å². The Hall–Kier alpha value is -7.13. The second kappa shape index (κ2) is 49.5. The maximum absolute atomic E-state index is 15.5. The molecule has 27 atom stereocenters. The zero-order chi connectivity index (χ0) is 103. The monoisotopic (exact) mass is 2180 g/mol. The number of phosphoric ester groups is 2. The van der Waals surface area contributed by atoms with E-state index in [1.807, 2.05) is 6.92 Å². The summed E-state index contributed by atoms with van der Waals surface area (Å²) < 4.78 is 225. The molecule has 0 saturated carbocycles. The summed E-state index contributed by atoms with van der Waals surface area (Å²) in [7, 11) is -6.34. The lowest BCUT2D eigenvalue weighted by Crippen LogP contribution is -2.42. The number of methoxy groups -OCH3 is 4. The van der Waals surface area contributed by atoms with Crippen LogP contribution in [0.5, 0.6) is 0 Å². The number of ether oxygens (including phenoxy) is 14. The summed E-state index contributed by atoms with van der Waals surface area (Å²) in [5, 5.41) is 11.9. The molecule has 0 amide bonds. The molecule has 143 heavy (non-hydrogen) atoms.